The van der Waals surface area contributed by atoms with Crippen LogP contribution in [0.1, 0.15) is 32.1 Å². The Kier molecular flexibility index (Phi) is 4.82. The Morgan fingerprint density at radius 1 is 1.18 bits per heavy atom. The van der Waals surface area contributed by atoms with Crippen LogP contribution >= 0.6 is 11.3 Å². The molecule has 0 fully saturated rings. The average molecular weight is 464 g/mol. The number of aryl methyl sites for hydroxylation is 1. The molecule has 5 aromatic rings. The zero-order valence-electron chi connectivity index (χ0n) is 17.0. The van der Waals surface area contributed by atoms with Gasteiger partial charge in [0.05, 0.1) is 16.8 Å². The highest BCUT2D eigenvalue weighted by Gasteiger charge is 2.26. The van der Waals surface area contributed by atoms with Gasteiger partial charge < -0.3 is 10.7 Å². The molecule has 0 atom stereocenters. The Morgan fingerprint density at radius 2 is 2.00 bits per heavy atom. The number of benzene rings is 1. The molecule has 3 N–H and O–H groups in total. The number of ketones is 1. The van der Waals surface area contributed by atoms with E-state index < -0.39 is 34.5 Å². The lowest BCUT2D eigenvalue weighted by molar-refractivity contribution is 0.0996. The second-order valence-corrected chi connectivity index (χ2v) is 8.00. The third-order valence-electron chi connectivity index (χ3n) is 5.18. The van der Waals surface area contributed by atoms with Crippen molar-refractivity contribution in [3.05, 3.63) is 82.5 Å². The number of nitrogens with two attached hydrogens (primary N) is 1. The second-order valence-electron chi connectivity index (χ2n) is 7.16. The molecule has 5 rings (SSSR count). The first-order chi connectivity index (χ1) is 15.8. The normalized spacial score (nSPS) is 11.2. The predicted molar refractivity (Wildman–Crippen MR) is 117 cm³/mol. The lowest BCUT2D eigenvalue weighted by Crippen LogP contribution is -2.17. The average Bonchev–Trinajstić information content (AvgIpc) is 3.52. The number of pyridine rings is 1. The summed E-state index contributed by atoms with van der Waals surface area (Å²) in [6.07, 6.45) is 6.38. The van der Waals surface area contributed by atoms with Crippen LogP contribution in [0.4, 0.5) is 8.78 Å². The summed E-state index contributed by atoms with van der Waals surface area (Å²) in [5.74, 6) is -3.65. The van der Waals surface area contributed by atoms with Crippen LogP contribution < -0.4 is 5.73 Å². The number of nitrogens with zero attached hydrogens (tertiary/aromatic N) is 4. The van der Waals surface area contributed by atoms with Crippen molar-refractivity contribution >= 4 is 34.1 Å². The van der Waals surface area contributed by atoms with Crippen LogP contribution in [0.15, 0.2) is 48.4 Å². The predicted octanol–water partition coefficient (Wildman–Crippen LogP) is 3.79. The number of fused-ring (bicyclic) bond motifs is 1. The number of carbonyl (C=O) groups excluding carboxylic acids is 2. The fraction of sp³-hybridized carbons (Fsp3) is 0.0455. The van der Waals surface area contributed by atoms with E-state index in [-0.39, 0.29) is 5.56 Å². The number of carbonyl (C=O) groups is 2. The maximum Gasteiger partial charge on any atom is 0.251 e. The maximum atomic E-state index is 14.7. The molecule has 0 saturated carbocycles. The van der Waals surface area contributed by atoms with Gasteiger partial charge in [0.2, 0.25) is 5.78 Å². The highest BCUT2D eigenvalue weighted by atomic mass is 32.1. The minimum atomic E-state index is -1.30. The Morgan fingerprint density at radius 3 is 2.73 bits per heavy atom. The van der Waals surface area contributed by atoms with Crippen molar-refractivity contribution in [2.45, 2.75) is 6.92 Å². The highest BCUT2D eigenvalue weighted by molar-refractivity contribution is 7.12. The summed E-state index contributed by atoms with van der Waals surface area (Å²) in [5.41, 5.74) is 5.30. The largest absolute Gasteiger partial charge is 0.366 e. The van der Waals surface area contributed by atoms with Gasteiger partial charge in [0.15, 0.2) is 5.13 Å². The molecule has 1 amide bonds. The first-order valence-electron chi connectivity index (χ1n) is 9.61. The quantitative estimate of drug-likeness (QED) is 0.384. The van der Waals surface area contributed by atoms with E-state index in [1.54, 1.807) is 24.7 Å². The number of primary amides is 1. The standard InChI is InChI=1S/C22H14F2N6O2S/c1-10-26-4-5-30(10)22-29-16(9-33-22)11-6-13-14(8-28-21(13)27-7-11)19(31)17-15(23)3-2-12(18(17)24)20(25)32/h2-9H,1H3,(H2,25,32)(H,27,28). The van der Waals surface area contributed by atoms with Crippen molar-refractivity contribution in [1.29, 1.82) is 0 Å². The van der Waals surface area contributed by atoms with Gasteiger partial charge in [-0.1, -0.05) is 0 Å². The minimum Gasteiger partial charge on any atom is -0.366 e. The summed E-state index contributed by atoms with van der Waals surface area (Å²) in [4.78, 5) is 40.4. The SMILES string of the molecule is Cc1nccn1-c1nc(-c2cnc3[nH]cc(C(=O)c4c(F)ccc(C(N)=O)c4F)c3c2)cs1. The topological polar surface area (TPSA) is 120 Å². The van der Waals surface area contributed by atoms with Gasteiger partial charge in [0.1, 0.15) is 23.1 Å². The molecule has 11 heteroatoms. The Labute approximate surface area is 188 Å². The van der Waals surface area contributed by atoms with Gasteiger partial charge in [0.25, 0.3) is 5.91 Å². The summed E-state index contributed by atoms with van der Waals surface area (Å²) < 4.78 is 31.0. The van der Waals surface area contributed by atoms with Crippen LogP contribution in [0, 0.1) is 18.6 Å². The van der Waals surface area contributed by atoms with Gasteiger partial charge in [-0.3, -0.25) is 14.2 Å². The van der Waals surface area contributed by atoms with E-state index in [9.17, 15) is 18.4 Å². The molecular formula is C22H14F2N6O2S. The summed E-state index contributed by atoms with van der Waals surface area (Å²) in [7, 11) is 0. The fourth-order valence-corrected chi connectivity index (χ4v) is 4.37. The number of amides is 1. The maximum absolute atomic E-state index is 14.7. The molecule has 0 aliphatic heterocycles. The van der Waals surface area contributed by atoms with Crippen LogP contribution in [0.3, 0.4) is 0 Å². The number of hydrogen-bond acceptors (Lipinski definition) is 6. The zero-order valence-corrected chi connectivity index (χ0v) is 17.8. The van der Waals surface area contributed by atoms with Gasteiger partial charge in [-0.15, -0.1) is 11.3 Å². The molecule has 4 aromatic heterocycles. The summed E-state index contributed by atoms with van der Waals surface area (Å²) in [6.45, 7) is 1.86. The highest BCUT2D eigenvalue weighted by Crippen LogP contribution is 2.29. The van der Waals surface area contributed by atoms with Crippen LogP contribution in [0.2, 0.25) is 0 Å². The molecule has 0 unspecified atom stereocenters. The molecule has 0 spiro atoms. The van der Waals surface area contributed by atoms with Gasteiger partial charge >= 0.3 is 0 Å². The third kappa shape index (κ3) is 3.38. The molecule has 164 valence electrons. The molecule has 1 aromatic carbocycles. The lowest BCUT2D eigenvalue weighted by Gasteiger charge is -2.07. The van der Waals surface area contributed by atoms with Crippen molar-refractivity contribution in [3.63, 3.8) is 0 Å². The number of rotatable bonds is 5. The van der Waals surface area contributed by atoms with Crippen LogP contribution in [-0.2, 0) is 0 Å². The Balaban J connectivity index is 1.59. The van der Waals surface area contributed by atoms with Crippen LogP contribution in [0.5, 0.6) is 0 Å². The van der Waals surface area contributed by atoms with Gasteiger partial charge in [-0.05, 0) is 25.1 Å². The molecule has 33 heavy (non-hydrogen) atoms. The molecule has 0 radical (unpaired) electrons. The Hall–Kier alpha value is -4.25. The molecule has 8 nitrogen and oxygen atoms in total. The van der Waals surface area contributed by atoms with Crippen molar-refractivity contribution in [3.8, 4) is 16.4 Å². The molecular weight excluding hydrogens is 450 g/mol. The Bertz CT molecular complexity index is 1570. The van der Waals surface area contributed by atoms with Crippen molar-refractivity contribution in [1.82, 2.24) is 24.5 Å². The van der Waals surface area contributed by atoms with Crippen LogP contribution in [-0.4, -0.2) is 36.2 Å². The van der Waals surface area contributed by atoms with E-state index in [2.05, 4.69) is 19.9 Å². The summed E-state index contributed by atoms with van der Waals surface area (Å²) >= 11 is 1.41. The van der Waals surface area contributed by atoms with Crippen molar-refractivity contribution < 1.29 is 18.4 Å². The van der Waals surface area contributed by atoms with E-state index in [1.807, 2.05) is 16.9 Å². The van der Waals surface area contributed by atoms with E-state index in [1.165, 1.54) is 17.5 Å². The number of H-pyrrole nitrogens is 1. The van der Waals surface area contributed by atoms with E-state index in [4.69, 9.17) is 5.73 Å². The minimum absolute atomic E-state index is 0.000299. The number of thiazole rings is 1. The fourth-order valence-electron chi connectivity index (χ4n) is 3.50. The first-order valence-corrected chi connectivity index (χ1v) is 10.5. The van der Waals surface area contributed by atoms with E-state index in [0.717, 1.165) is 18.0 Å². The molecule has 0 bridgehead atoms. The van der Waals surface area contributed by atoms with Crippen molar-refractivity contribution in [2.24, 2.45) is 5.73 Å². The third-order valence-corrected chi connectivity index (χ3v) is 6.02. The van der Waals surface area contributed by atoms with E-state index in [0.29, 0.717) is 27.4 Å². The van der Waals surface area contributed by atoms with E-state index >= 15 is 0 Å². The van der Waals surface area contributed by atoms with Crippen molar-refractivity contribution in [2.75, 3.05) is 0 Å². The number of aromatic amines is 1. The summed E-state index contributed by atoms with van der Waals surface area (Å²) in [6, 6.07) is 3.41. The first kappa shape index (κ1) is 20.6. The number of nitrogens with one attached hydrogen (secondary N) is 1. The number of halogens is 2. The lowest BCUT2D eigenvalue weighted by atomic mass is 9.99. The zero-order chi connectivity index (χ0) is 23.3. The summed E-state index contributed by atoms with van der Waals surface area (Å²) in [5, 5.41) is 2.90. The molecule has 0 saturated heterocycles. The van der Waals surface area contributed by atoms with Gasteiger partial charge in [-0.25, -0.2) is 23.7 Å². The number of aromatic nitrogens is 5. The second kappa shape index (κ2) is 7.71. The number of imidazole rings is 1. The smallest absolute Gasteiger partial charge is 0.251 e. The molecule has 4 heterocycles. The van der Waals surface area contributed by atoms with Gasteiger partial charge in [-0.2, -0.15) is 0 Å². The molecule has 0 aliphatic rings. The van der Waals surface area contributed by atoms with Gasteiger partial charge in [0, 0.05) is 46.7 Å². The van der Waals surface area contributed by atoms with Crippen LogP contribution in [0.25, 0.3) is 27.4 Å². The molecule has 0 aliphatic carbocycles. The monoisotopic (exact) mass is 464 g/mol. The number of hydrogen-bond donors (Lipinski definition) is 2.